The number of carboxylic acid groups (broad SMARTS) is 3. The molecule has 2 aromatic heterocycles. The summed E-state index contributed by atoms with van der Waals surface area (Å²) in [6, 6.07) is 3.28. The van der Waals surface area contributed by atoms with Crippen LogP contribution in [0.3, 0.4) is 0 Å². The molecule has 0 aliphatic heterocycles. The molecule has 3 aromatic rings. The molecule has 0 radical (unpaired) electrons. The predicted molar refractivity (Wildman–Crippen MR) is 194 cm³/mol. The number of benzene rings is 1. The maximum atomic E-state index is 13.1. The van der Waals surface area contributed by atoms with E-state index in [1.54, 1.807) is 24.3 Å². The molecule has 23 nitrogen and oxygen atoms in total. The second-order valence-corrected chi connectivity index (χ2v) is 12.7. The van der Waals surface area contributed by atoms with Crippen molar-refractivity contribution >= 4 is 70.1 Å². The first-order chi connectivity index (χ1) is 26.3. The first-order valence-corrected chi connectivity index (χ1v) is 16.8. The Morgan fingerprint density at radius 1 is 0.839 bits per heavy atom. The number of hydrogen-bond donors (Lipinski definition) is 11. The van der Waals surface area contributed by atoms with Crippen molar-refractivity contribution in [2.45, 2.75) is 63.7 Å². The van der Waals surface area contributed by atoms with Crippen molar-refractivity contribution in [2.24, 2.45) is 0 Å². The van der Waals surface area contributed by atoms with Gasteiger partial charge in [-0.2, -0.15) is 4.98 Å². The Bertz CT molecular complexity index is 2040. The Morgan fingerprint density at radius 2 is 1.46 bits per heavy atom. The molecular weight excluding hydrogens is 742 g/mol. The number of rotatable bonds is 22. The van der Waals surface area contributed by atoms with Crippen LogP contribution in [-0.4, -0.2) is 120 Å². The second kappa shape index (κ2) is 19.9. The zero-order chi connectivity index (χ0) is 41.6. The van der Waals surface area contributed by atoms with Gasteiger partial charge in [0.25, 0.3) is 11.5 Å². The lowest BCUT2D eigenvalue weighted by Gasteiger charge is -2.29. The number of carbonyl (C=O) groups excluding carboxylic acids is 5. The zero-order valence-corrected chi connectivity index (χ0v) is 30.1. The summed E-state index contributed by atoms with van der Waals surface area (Å²) in [7, 11) is 0. The lowest BCUT2D eigenvalue weighted by atomic mass is 9.93. The number of hydrogen-bond acceptors (Lipinski definition) is 15. The summed E-state index contributed by atoms with van der Waals surface area (Å²) < 4.78 is 0. The summed E-state index contributed by atoms with van der Waals surface area (Å²) >= 11 is 0. The zero-order valence-electron chi connectivity index (χ0n) is 30.1. The molecule has 300 valence electrons. The fourth-order valence-electron chi connectivity index (χ4n) is 4.96. The minimum Gasteiger partial charge on any atom is -0.481 e. The Morgan fingerprint density at radius 3 is 2.11 bits per heavy atom. The van der Waals surface area contributed by atoms with Crippen molar-refractivity contribution < 1.29 is 53.7 Å². The van der Waals surface area contributed by atoms with Crippen LogP contribution in [0.5, 0.6) is 0 Å². The Labute approximate surface area is 316 Å². The maximum Gasteiger partial charge on any atom is 0.322 e. The molecule has 0 saturated carbocycles. The molecule has 2 atom stereocenters. The van der Waals surface area contributed by atoms with E-state index in [1.165, 1.54) is 20.0 Å². The van der Waals surface area contributed by atoms with Crippen LogP contribution < -0.4 is 43.2 Å². The van der Waals surface area contributed by atoms with Crippen LogP contribution in [0.25, 0.3) is 11.2 Å². The van der Waals surface area contributed by atoms with E-state index in [-0.39, 0.29) is 43.0 Å². The van der Waals surface area contributed by atoms with Gasteiger partial charge in [0.1, 0.15) is 12.6 Å². The van der Waals surface area contributed by atoms with Crippen LogP contribution in [0, 0.1) is 0 Å². The van der Waals surface area contributed by atoms with Crippen molar-refractivity contribution in [1.29, 1.82) is 0 Å². The minimum absolute atomic E-state index is 0.0385. The fraction of sp³-hybridized carbons (Fsp3) is 0.394. The molecule has 0 aliphatic rings. The van der Waals surface area contributed by atoms with E-state index in [4.69, 9.17) is 15.9 Å². The van der Waals surface area contributed by atoms with Crippen LogP contribution in [0.1, 0.15) is 55.6 Å². The standard InChI is InChI=1S/C33H41N11O12/c1-33(2,44-20(11-24(49)50)30(55)38-14-22(46)41-19(10-23(47)48)29(54)39-15-25(51)52)21(45)4-3-9-35-28(53)16-5-7-17(8-6-16)36-12-18-13-37-27-26(40-18)31(56)43-32(34)42-27/h5-8,13,19-20,36,44H,3-4,9-12,14-15H2,1-2H3,(H,35,53)(H,38,55)(H,39,54)(H,41,46)(H,47,48)(H,49,50)(H,51,52)(H3,34,37,42,43,56)/t19-,20-/m0/s1. The number of anilines is 2. The van der Waals surface area contributed by atoms with Crippen molar-refractivity contribution in [1.82, 2.24) is 46.5 Å². The molecule has 56 heavy (non-hydrogen) atoms. The molecule has 0 unspecified atom stereocenters. The number of H-pyrrole nitrogens is 1. The Balaban J connectivity index is 1.46. The van der Waals surface area contributed by atoms with E-state index in [0.29, 0.717) is 16.9 Å². The van der Waals surface area contributed by atoms with E-state index in [2.05, 4.69) is 46.5 Å². The minimum atomic E-state index is -1.67. The normalized spacial score (nSPS) is 12.1. The molecule has 0 aliphatic carbocycles. The predicted octanol–water partition coefficient (Wildman–Crippen LogP) is -2.53. The highest BCUT2D eigenvalue weighted by atomic mass is 16.4. The van der Waals surface area contributed by atoms with Gasteiger partial charge in [-0.15, -0.1) is 0 Å². The number of ketones is 1. The first kappa shape index (κ1) is 43.4. The fourth-order valence-corrected chi connectivity index (χ4v) is 4.96. The number of aliphatic carboxylic acids is 3. The molecular formula is C33H41N11O12. The summed E-state index contributed by atoms with van der Waals surface area (Å²) in [5, 5.41) is 41.8. The Kier molecular flexibility index (Phi) is 15.4. The summed E-state index contributed by atoms with van der Waals surface area (Å²) in [6.45, 7) is 1.51. The highest BCUT2D eigenvalue weighted by molar-refractivity contribution is 5.96. The Hall–Kier alpha value is -7.04. The number of amides is 4. The average molecular weight is 784 g/mol. The number of fused-ring (bicyclic) bond motifs is 1. The highest BCUT2D eigenvalue weighted by Crippen LogP contribution is 2.14. The summed E-state index contributed by atoms with van der Waals surface area (Å²) in [5.41, 5.74) is 5.15. The van der Waals surface area contributed by atoms with Gasteiger partial charge in [-0.25, -0.2) is 9.97 Å². The molecule has 3 rings (SSSR count). The number of aromatic amines is 1. The molecule has 1 aromatic carbocycles. The van der Waals surface area contributed by atoms with Gasteiger partial charge in [-0.3, -0.25) is 53.5 Å². The van der Waals surface area contributed by atoms with Crippen LogP contribution >= 0.6 is 0 Å². The van der Waals surface area contributed by atoms with Gasteiger partial charge in [-0.1, -0.05) is 0 Å². The third-order valence-electron chi connectivity index (χ3n) is 7.77. The lowest BCUT2D eigenvalue weighted by Crippen LogP contribution is -2.58. The summed E-state index contributed by atoms with van der Waals surface area (Å²) in [6.07, 6.45) is -0.119. The molecule has 0 bridgehead atoms. The molecule has 23 heteroatoms. The van der Waals surface area contributed by atoms with E-state index < -0.39 is 96.4 Å². The molecule has 0 fully saturated rings. The lowest BCUT2D eigenvalue weighted by molar-refractivity contribution is -0.141. The number of Topliss-reactive ketones (excluding diaryl/α,β-unsaturated/α-hetero) is 1. The average Bonchev–Trinajstić information content (AvgIpc) is 3.12. The number of nitrogen functional groups attached to an aromatic ring is 1. The van der Waals surface area contributed by atoms with Gasteiger partial charge in [0.2, 0.25) is 23.7 Å². The SMILES string of the molecule is CC(C)(N[C@@H](CC(=O)O)C(=O)NCC(=O)N[C@@H](CC(=O)O)C(=O)NCC(=O)O)C(=O)CCCNC(=O)c1ccc(NCc2cnc3nc(N)[nH]c(=O)c3n2)cc1. The van der Waals surface area contributed by atoms with Crippen LogP contribution in [0.4, 0.5) is 11.6 Å². The van der Waals surface area contributed by atoms with Crippen LogP contribution in [-0.2, 0) is 40.1 Å². The van der Waals surface area contributed by atoms with E-state index in [9.17, 15) is 48.3 Å². The van der Waals surface area contributed by atoms with Crippen molar-refractivity contribution in [3.05, 3.63) is 52.1 Å². The molecule has 0 saturated heterocycles. The van der Waals surface area contributed by atoms with E-state index >= 15 is 0 Å². The highest BCUT2D eigenvalue weighted by Gasteiger charge is 2.34. The molecule has 0 spiro atoms. The third kappa shape index (κ3) is 13.7. The third-order valence-corrected chi connectivity index (χ3v) is 7.77. The number of nitrogens with two attached hydrogens (primary N) is 1. The van der Waals surface area contributed by atoms with Crippen molar-refractivity contribution in [3.8, 4) is 0 Å². The topological polar surface area (TPSA) is 367 Å². The number of carbonyl (C=O) groups is 8. The van der Waals surface area contributed by atoms with Gasteiger partial charge in [0, 0.05) is 24.2 Å². The monoisotopic (exact) mass is 783 g/mol. The second-order valence-electron chi connectivity index (χ2n) is 12.7. The molecule has 2 heterocycles. The number of aromatic nitrogens is 4. The molecule has 12 N–H and O–H groups in total. The van der Waals surface area contributed by atoms with E-state index in [0.717, 1.165) is 0 Å². The summed E-state index contributed by atoms with van der Waals surface area (Å²) in [4.78, 5) is 123. The van der Waals surface area contributed by atoms with Gasteiger partial charge < -0.3 is 47.6 Å². The van der Waals surface area contributed by atoms with Crippen molar-refractivity contribution in [2.75, 3.05) is 30.7 Å². The van der Waals surface area contributed by atoms with Crippen molar-refractivity contribution in [3.63, 3.8) is 0 Å². The smallest absolute Gasteiger partial charge is 0.322 e. The number of nitrogens with one attached hydrogen (secondary N) is 7. The largest absolute Gasteiger partial charge is 0.481 e. The quantitative estimate of drug-likeness (QED) is 0.0468. The molecule has 4 amide bonds. The van der Waals surface area contributed by atoms with Crippen LogP contribution in [0.15, 0.2) is 35.3 Å². The van der Waals surface area contributed by atoms with Gasteiger partial charge in [0.15, 0.2) is 16.9 Å². The van der Waals surface area contributed by atoms with Gasteiger partial charge in [-0.05, 0) is 44.5 Å². The van der Waals surface area contributed by atoms with Gasteiger partial charge in [0.05, 0.1) is 49.4 Å². The number of carboxylic acids is 3. The first-order valence-electron chi connectivity index (χ1n) is 16.8. The van der Waals surface area contributed by atoms with Crippen LogP contribution in [0.2, 0.25) is 0 Å². The summed E-state index contributed by atoms with van der Waals surface area (Å²) in [5.74, 6) is -8.34. The van der Waals surface area contributed by atoms with Gasteiger partial charge >= 0.3 is 17.9 Å². The maximum absolute atomic E-state index is 13.1. The van der Waals surface area contributed by atoms with E-state index in [1.807, 2.05) is 5.32 Å². The number of nitrogens with zero attached hydrogens (tertiary/aromatic N) is 3.